The number of nitrogens with one attached hydrogen (secondary N) is 3. The predicted octanol–water partition coefficient (Wildman–Crippen LogP) is -1.88. The van der Waals surface area contributed by atoms with Crippen LogP contribution in [0.25, 0.3) is 0 Å². The van der Waals surface area contributed by atoms with Gasteiger partial charge in [-0.05, 0) is 38.3 Å². The SMILES string of the molecule is C[C@H](N)C(=O)N[C@@H](CC(N)=O)C(=O)N[C@@H](Cc1ccccc1)C(=O)N[C@@H](CCCCN)C(=O)O. The number of carbonyl (C=O) groups is 5. The number of hydrogen-bond donors (Lipinski definition) is 7. The quantitative estimate of drug-likeness (QED) is 0.141. The Bertz CT molecular complexity index is 848. The average Bonchev–Trinajstić information content (AvgIpc) is 2.77. The van der Waals surface area contributed by atoms with Gasteiger partial charge >= 0.3 is 5.97 Å². The molecule has 0 saturated carbocycles. The van der Waals surface area contributed by atoms with E-state index in [0.29, 0.717) is 24.9 Å². The first-order chi connectivity index (χ1) is 16.0. The average molecular weight is 479 g/mol. The molecule has 34 heavy (non-hydrogen) atoms. The second kappa shape index (κ2) is 14.6. The molecule has 1 rings (SSSR count). The first-order valence-corrected chi connectivity index (χ1v) is 11.0. The summed E-state index contributed by atoms with van der Waals surface area (Å²) in [5, 5.41) is 16.8. The maximum Gasteiger partial charge on any atom is 0.326 e. The zero-order valence-electron chi connectivity index (χ0n) is 19.2. The van der Waals surface area contributed by atoms with Gasteiger partial charge in [0, 0.05) is 6.42 Å². The minimum Gasteiger partial charge on any atom is -0.480 e. The second-order valence-corrected chi connectivity index (χ2v) is 7.96. The van der Waals surface area contributed by atoms with Gasteiger partial charge in [0.05, 0.1) is 12.5 Å². The number of carbonyl (C=O) groups excluding carboxylic acids is 4. The minimum atomic E-state index is -1.36. The molecule has 0 radical (unpaired) electrons. The third-order valence-corrected chi connectivity index (χ3v) is 4.93. The third kappa shape index (κ3) is 10.4. The molecule has 0 saturated heterocycles. The Kier molecular flexibility index (Phi) is 12.2. The smallest absolute Gasteiger partial charge is 0.326 e. The van der Waals surface area contributed by atoms with E-state index in [9.17, 15) is 29.1 Å². The Labute approximate surface area is 198 Å². The van der Waals surface area contributed by atoms with Crippen LogP contribution < -0.4 is 33.2 Å². The number of primary amides is 1. The maximum absolute atomic E-state index is 13.0. The van der Waals surface area contributed by atoms with Crippen LogP contribution in [0.1, 0.15) is 38.2 Å². The van der Waals surface area contributed by atoms with Crippen LogP contribution in [-0.2, 0) is 30.4 Å². The molecule has 10 N–H and O–H groups in total. The van der Waals surface area contributed by atoms with Crippen molar-refractivity contribution in [2.75, 3.05) is 6.54 Å². The van der Waals surface area contributed by atoms with Crippen LogP contribution in [0.5, 0.6) is 0 Å². The lowest BCUT2D eigenvalue weighted by molar-refractivity contribution is -0.142. The van der Waals surface area contributed by atoms with Crippen LogP contribution in [-0.4, -0.2) is 65.4 Å². The van der Waals surface area contributed by atoms with Crippen LogP contribution in [0.2, 0.25) is 0 Å². The van der Waals surface area contributed by atoms with Gasteiger partial charge in [-0.1, -0.05) is 30.3 Å². The third-order valence-electron chi connectivity index (χ3n) is 4.93. The number of benzene rings is 1. The number of nitrogens with two attached hydrogens (primary N) is 3. The summed E-state index contributed by atoms with van der Waals surface area (Å²) < 4.78 is 0. The summed E-state index contributed by atoms with van der Waals surface area (Å²) in [4.78, 5) is 60.9. The summed E-state index contributed by atoms with van der Waals surface area (Å²) in [6, 6.07) is 4.08. The van der Waals surface area contributed by atoms with Gasteiger partial charge in [0.1, 0.15) is 18.1 Å². The predicted molar refractivity (Wildman–Crippen MR) is 124 cm³/mol. The van der Waals surface area contributed by atoms with Crippen LogP contribution >= 0.6 is 0 Å². The number of carboxylic acid groups (broad SMARTS) is 1. The lowest BCUT2D eigenvalue weighted by Crippen LogP contribution is -2.58. The van der Waals surface area contributed by atoms with E-state index in [0.717, 1.165) is 0 Å². The highest BCUT2D eigenvalue weighted by Crippen LogP contribution is 2.07. The van der Waals surface area contributed by atoms with Gasteiger partial charge in [-0.3, -0.25) is 19.2 Å². The number of amides is 4. The van der Waals surface area contributed by atoms with Gasteiger partial charge < -0.3 is 38.3 Å². The van der Waals surface area contributed by atoms with Gasteiger partial charge in [-0.2, -0.15) is 0 Å². The largest absolute Gasteiger partial charge is 0.480 e. The van der Waals surface area contributed by atoms with Crippen molar-refractivity contribution < 1.29 is 29.1 Å². The first kappa shape index (κ1) is 28.5. The summed E-state index contributed by atoms with van der Waals surface area (Å²) in [6.45, 7) is 1.79. The lowest BCUT2D eigenvalue weighted by atomic mass is 10.0. The van der Waals surface area contributed by atoms with E-state index in [4.69, 9.17) is 17.2 Å². The molecule has 0 spiro atoms. The fourth-order valence-corrected chi connectivity index (χ4v) is 3.07. The molecule has 0 fully saturated rings. The summed E-state index contributed by atoms with van der Waals surface area (Å²) in [5.41, 5.74) is 16.9. The van der Waals surface area contributed by atoms with Crippen LogP contribution in [0.4, 0.5) is 0 Å². The Morgan fingerprint density at radius 1 is 0.882 bits per heavy atom. The lowest BCUT2D eigenvalue weighted by Gasteiger charge is -2.24. The molecule has 188 valence electrons. The van der Waals surface area contributed by atoms with E-state index in [1.54, 1.807) is 30.3 Å². The molecule has 1 aromatic carbocycles. The fourth-order valence-electron chi connectivity index (χ4n) is 3.07. The maximum atomic E-state index is 13.0. The summed E-state index contributed by atoms with van der Waals surface area (Å²) in [5.74, 6) is -4.31. The molecule has 4 amide bonds. The molecule has 0 unspecified atom stereocenters. The molecule has 0 aromatic heterocycles. The number of unbranched alkanes of at least 4 members (excludes halogenated alkanes) is 1. The van der Waals surface area contributed by atoms with E-state index >= 15 is 0 Å². The Hall–Kier alpha value is -3.51. The number of carboxylic acids is 1. The highest BCUT2D eigenvalue weighted by atomic mass is 16.4. The molecule has 1 aromatic rings. The van der Waals surface area contributed by atoms with Crippen molar-refractivity contribution in [1.29, 1.82) is 0 Å². The van der Waals surface area contributed by atoms with Crippen LogP contribution in [0.3, 0.4) is 0 Å². The second-order valence-electron chi connectivity index (χ2n) is 7.96. The highest BCUT2D eigenvalue weighted by Gasteiger charge is 2.30. The van der Waals surface area contributed by atoms with Crippen LogP contribution in [0.15, 0.2) is 30.3 Å². The van der Waals surface area contributed by atoms with E-state index in [1.807, 2.05) is 0 Å². The normalized spacial score (nSPS) is 14.2. The molecular formula is C22H34N6O6. The van der Waals surface area contributed by atoms with Crippen molar-refractivity contribution >= 4 is 29.6 Å². The molecule has 12 heteroatoms. The highest BCUT2D eigenvalue weighted by molar-refractivity contribution is 5.96. The van der Waals surface area contributed by atoms with E-state index in [2.05, 4.69) is 16.0 Å². The van der Waals surface area contributed by atoms with E-state index < -0.39 is 60.2 Å². The molecule has 12 nitrogen and oxygen atoms in total. The van der Waals surface area contributed by atoms with E-state index in [-0.39, 0.29) is 12.8 Å². The monoisotopic (exact) mass is 478 g/mol. The number of hydrogen-bond acceptors (Lipinski definition) is 7. The standard InChI is InChI=1S/C22H34N6O6/c1-13(24)19(30)27-17(12-18(25)29)21(32)28-16(11-14-7-3-2-4-8-14)20(31)26-15(22(33)34)9-5-6-10-23/h2-4,7-8,13,15-17H,5-6,9-12,23-24H2,1H3,(H2,25,29)(H,26,31)(H,27,30)(H,28,32)(H,33,34)/t13-,15-,16-,17-/m0/s1. The van der Waals surface area contributed by atoms with Gasteiger partial charge in [-0.15, -0.1) is 0 Å². The van der Waals surface area contributed by atoms with Crippen molar-refractivity contribution in [2.24, 2.45) is 17.2 Å². The van der Waals surface area contributed by atoms with Gasteiger partial charge in [0.25, 0.3) is 0 Å². The molecule has 0 aliphatic heterocycles. The Balaban J connectivity index is 3.07. The van der Waals surface area contributed by atoms with Gasteiger partial charge in [0.15, 0.2) is 0 Å². The Morgan fingerprint density at radius 3 is 1.97 bits per heavy atom. The first-order valence-electron chi connectivity index (χ1n) is 11.0. The van der Waals surface area contributed by atoms with Crippen molar-refractivity contribution in [1.82, 2.24) is 16.0 Å². The molecule has 0 aliphatic carbocycles. The fraction of sp³-hybridized carbons (Fsp3) is 0.500. The van der Waals surface area contributed by atoms with Crippen molar-refractivity contribution in [2.45, 2.75) is 63.2 Å². The van der Waals surface area contributed by atoms with Crippen molar-refractivity contribution in [3.63, 3.8) is 0 Å². The summed E-state index contributed by atoms with van der Waals surface area (Å²) in [6.07, 6.45) is 0.781. The van der Waals surface area contributed by atoms with Crippen molar-refractivity contribution in [3.05, 3.63) is 35.9 Å². The van der Waals surface area contributed by atoms with Gasteiger partial charge in [0.2, 0.25) is 23.6 Å². The minimum absolute atomic E-state index is 0.0398. The van der Waals surface area contributed by atoms with E-state index in [1.165, 1.54) is 6.92 Å². The number of rotatable bonds is 15. The summed E-state index contributed by atoms with van der Waals surface area (Å²) >= 11 is 0. The molecular weight excluding hydrogens is 444 g/mol. The zero-order chi connectivity index (χ0) is 25.7. The zero-order valence-corrected chi connectivity index (χ0v) is 19.2. The molecule has 0 aliphatic rings. The molecule has 0 heterocycles. The van der Waals surface area contributed by atoms with Crippen molar-refractivity contribution in [3.8, 4) is 0 Å². The van der Waals surface area contributed by atoms with Crippen LogP contribution in [0, 0.1) is 0 Å². The van der Waals surface area contributed by atoms with Gasteiger partial charge in [-0.25, -0.2) is 4.79 Å². The Morgan fingerprint density at radius 2 is 1.44 bits per heavy atom. The molecule has 0 bridgehead atoms. The summed E-state index contributed by atoms with van der Waals surface area (Å²) in [7, 11) is 0. The topological polar surface area (TPSA) is 220 Å². The number of aliphatic carboxylic acids is 1. The molecule has 4 atom stereocenters.